The van der Waals surface area contributed by atoms with E-state index in [0.717, 1.165) is 23.8 Å². The van der Waals surface area contributed by atoms with E-state index in [4.69, 9.17) is 9.72 Å². The van der Waals surface area contributed by atoms with Gasteiger partial charge in [-0.3, -0.25) is 4.79 Å². The Hall–Kier alpha value is -3.83. The van der Waals surface area contributed by atoms with Crippen LogP contribution in [0.25, 0.3) is 11.3 Å². The van der Waals surface area contributed by atoms with Crippen molar-refractivity contribution < 1.29 is 33.3 Å². The molecule has 2 heterocycles. The molecule has 45 heavy (non-hydrogen) atoms. The molecule has 11 heteroatoms. The first-order valence-corrected chi connectivity index (χ1v) is 15.2. The number of nitrogens with zero attached hydrogens (tertiary/aromatic N) is 4. The van der Waals surface area contributed by atoms with Crippen molar-refractivity contribution in [2.75, 3.05) is 19.6 Å². The van der Waals surface area contributed by atoms with Gasteiger partial charge in [0.05, 0.1) is 24.4 Å². The van der Waals surface area contributed by atoms with Gasteiger partial charge in [0.25, 0.3) is 5.91 Å². The van der Waals surface area contributed by atoms with Gasteiger partial charge >= 0.3 is 6.09 Å². The van der Waals surface area contributed by atoms with E-state index in [-0.39, 0.29) is 30.9 Å². The Balaban J connectivity index is 1.80. The molecule has 3 aromatic rings. The maximum absolute atomic E-state index is 15.0. The lowest BCUT2D eigenvalue weighted by atomic mass is 9.83. The fourth-order valence-electron chi connectivity index (χ4n) is 5.70. The summed E-state index contributed by atoms with van der Waals surface area (Å²) in [7, 11) is 0. The summed E-state index contributed by atoms with van der Waals surface area (Å²) in [6.07, 6.45) is -1.26. The predicted molar refractivity (Wildman–Crippen MR) is 166 cm³/mol. The number of β-amino-alcohol motifs (C(OH)–C–C–N with tert-alkyl or cyclic N) is 1. The summed E-state index contributed by atoms with van der Waals surface area (Å²) in [5, 5.41) is 21.6. The predicted octanol–water partition coefficient (Wildman–Crippen LogP) is 5.40. The van der Waals surface area contributed by atoms with Crippen molar-refractivity contribution in [2.45, 2.75) is 78.9 Å². The summed E-state index contributed by atoms with van der Waals surface area (Å²) in [6.45, 7) is 12.9. The number of amides is 2. The number of imidazole rings is 1. The van der Waals surface area contributed by atoms with Gasteiger partial charge in [-0.05, 0) is 56.9 Å². The highest BCUT2D eigenvalue weighted by molar-refractivity contribution is 5.81. The Morgan fingerprint density at radius 2 is 1.73 bits per heavy atom. The Labute approximate surface area is 263 Å². The number of aromatic nitrogens is 2. The highest BCUT2D eigenvalue weighted by Crippen LogP contribution is 2.41. The second kappa shape index (κ2) is 13.3. The first-order valence-electron chi connectivity index (χ1n) is 15.2. The maximum Gasteiger partial charge on any atom is 0.410 e. The molecular weight excluding hydrogens is 582 g/mol. The molecule has 0 spiro atoms. The number of carbonyl (C=O) groups is 2. The van der Waals surface area contributed by atoms with Crippen LogP contribution in [0.3, 0.4) is 0 Å². The lowest BCUT2D eigenvalue weighted by Crippen LogP contribution is -2.49. The molecule has 9 nitrogen and oxygen atoms in total. The van der Waals surface area contributed by atoms with E-state index >= 15 is 0 Å². The summed E-state index contributed by atoms with van der Waals surface area (Å²) in [6, 6.07) is 11.9. The lowest BCUT2D eigenvalue weighted by Gasteiger charge is -2.42. The Kier molecular flexibility index (Phi) is 10.0. The van der Waals surface area contributed by atoms with Crippen LogP contribution in [0.4, 0.5) is 13.6 Å². The molecule has 4 atom stereocenters. The van der Waals surface area contributed by atoms with Crippen molar-refractivity contribution in [1.29, 1.82) is 0 Å². The average Bonchev–Trinajstić information content (AvgIpc) is 3.51. The third-order valence-electron chi connectivity index (χ3n) is 7.71. The van der Waals surface area contributed by atoms with Crippen molar-refractivity contribution in [2.24, 2.45) is 11.3 Å². The fourth-order valence-corrected chi connectivity index (χ4v) is 5.70. The zero-order valence-electron chi connectivity index (χ0n) is 27.0. The molecule has 2 amide bonds. The second-order valence-electron chi connectivity index (χ2n) is 13.9. The zero-order valence-corrected chi connectivity index (χ0v) is 27.0. The molecule has 1 aliphatic rings. The number of hydrogen-bond donors (Lipinski definition) is 2. The first-order chi connectivity index (χ1) is 20.9. The third kappa shape index (κ3) is 8.26. The number of likely N-dealkylation sites (tertiary alicyclic amines) is 1. The molecule has 4 rings (SSSR count). The summed E-state index contributed by atoms with van der Waals surface area (Å²) < 4.78 is 36.6. The fraction of sp³-hybridized carbons (Fsp3) is 0.500. The number of aliphatic hydroxyl groups is 2. The van der Waals surface area contributed by atoms with Crippen LogP contribution in [0.5, 0.6) is 0 Å². The monoisotopic (exact) mass is 626 g/mol. The van der Waals surface area contributed by atoms with Crippen LogP contribution < -0.4 is 0 Å². The zero-order chi connectivity index (χ0) is 33.3. The molecule has 0 aliphatic carbocycles. The Morgan fingerprint density at radius 1 is 1.07 bits per heavy atom. The minimum Gasteiger partial charge on any atom is -0.444 e. The molecule has 2 aromatic carbocycles. The molecule has 0 radical (unpaired) electrons. The van der Waals surface area contributed by atoms with Crippen LogP contribution in [0.15, 0.2) is 54.7 Å². The third-order valence-corrected chi connectivity index (χ3v) is 7.71. The van der Waals surface area contributed by atoms with Gasteiger partial charge in [-0.1, -0.05) is 51.1 Å². The van der Waals surface area contributed by atoms with Crippen molar-refractivity contribution in [3.63, 3.8) is 0 Å². The smallest absolute Gasteiger partial charge is 0.410 e. The molecule has 1 saturated heterocycles. The van der Waals surface area contributed by atoms with E-state index in [1.807, 2.05) is 55.7 Å². The van der Waals surface area contributed by atoms with E-state index < -0.39 is 58.8 Å². The van der Waals surface area contributed by atoms with E-state index in [1.54, 1.807) is 27.0 Å². The molecule has 244 valence electrons. The number of hydrogen-bond acceptors (Lipinski definition) is 6. The van der Waals surface area contributed by atoms with Gasteiger partial charge in [-0.15, -0.1) is 0 Å². The van der Waals surface area contributed by atoms with Crippen LogP contribution in [0.1, 0.15) is 65.9 Å². The molecule has 2 N–H and O–H groups in total. The van der Waals surface area contributed by atoms with E-state index in [2.05, 4.69) is 0 Å². The molecular formula is C34H44F2N4O5. The normalized spacial score (nSPS) is 18.5. The molecule has 1 fully saturated rings. The van der Waals surface area contributed by atoms with Crippen molar-refractivity contribution in [3.8, 4) is 11.3 Å². The molecule has 0 saturated carbocycles. The summed E-state index contributed by atoms with van der Waals surface area (Å²) >= 11 is 0. The highest BCUT2D eigenvalue weighted by atomic mass is 19.1. The van der Waals surface area contributed by atoms with Crippen LogP contribution in [0, 0.1) is 23.0 Å². The second-order valence-corrected chi connectivity index (χ2v) is 13.9. The molecule has 1 aromatic heterocycles. The van der Waals surface area contributed by atoms with E-state index in [9.17, 15) is 28.6 Å². The Morgan fingerprint density at radius 3 is 2.33 bits per heavy atom. The van der Waals surface area contributed by atoms with Crippen LogP contribution in [-0.2, 0) is 16.1 Å². The maximum atomic E-state index is 15.0. The molecule has 0 bridgehead atoms. The molecule has 1 aliphatic heterocycles. The van der Waals surface area contributed by atoms with Gasteiger partial charge in [0.1, 0.15) is 29.2 Å². The van der Waals surface area contributed by atoms with Crippen molar-refractivity contribution in [1.82, 2.24) is 19.4 Å². The summed E-state index contributed by atoms with van der Waals surface area (Å²) in [5.41, 5.74) is -0.323. The minimum absolute atomic E-state index is 0.00596. The SMILES string of the molecule is C[C@H](O)C(=O)N(CC1CN(C(=O)OC(C)(C)C)CC1O)[C@@H](c1nc(-c2cc(F)ccc2F)cn1Cc1ccccc1)C(C)(C)C. The van der Waals surface area contributed by atoms with Gasteiger partial charge < -0.3 is 29.3 Å². The van der Waals surface area contributed by atoms with Crippen molar-refractivity contribution in [3.05, 3.63) is 77.8 Å². The van der Waals surface area contributed by atoms with Crippen LogP contribution in [-0.4, -0.2) is 79.0 Å². The van der Waals surface area contributed by atoms with Gasteiger partial charge in [-0.25, -0.2) is 18.6 Å². The van der Waals surface area contributed by atoms with Crippen LogP contribution >= 0.6 is 0 Å². The number of aliphatic hydroxyl groups excluding tert-OH is 2. The largest absolute Gasteiger partial charge is 0.444 e. The molecule has 2 unspecified atom stereocenters. The number of rotatable bonds is 8. The topological polar surface area (TPSA) is 108 Å². The van der Waals surface area contributed by atoms with Gasteiger partial charge in [0, 0.05) is 37.3 Å². The Bertz CT molecular complexity index is 1500. The van der Waals surface area contributed by atoms with Gasteiger partial charge in [-0.2, -0.15) is 0 Å². The number of ether oxygens (including phenoxy) is 1. The van der Waals surface area contributed by atoms with Gasteiger partial charge in [0.2, 0.25) is 0 Å². The quantitative estimate of drug-likeness (QED) is 0.347. The number of carbonyl (C=O) groups excluding carboxylic acids is 2. The van der Waals surface area contributed by atoms with Gasteiger partial charge in [0.15, 0.2) is 0 Å². The number of halogens is 2. The lowest BCUT2D eigenvalue weighted by molar-refractivity contribution is -0.146. The standard InChI is InChI=1S/C34H44F2N4O5/c1-21(41)31(43)40(18-23-17-39(20-28(23)42)32(44)45-34(5,6)7)29(33(2,3)4)30-37-27(25-15-24(35)13-14-26(25)36)19-38(30)16-22-11-9-8-10-12-22/h8-15,19,21,23,28-29,41-42H,16-18,20H2,1-7H3/t21-,23?,28?,29-/m0/s1. The highest BCUT2D eigenvalue weighted by Gasteiger charge is 2.44. The minimum atomic E-state index is -1.38. The number of benzene rings is 2. The summed E-state index contributed by atoms with van der Waals surface area (Å²) in [4.78, 5) is 34.3. The van der Waals surface area contributed by atoms with Crippen LogP contribution in [0.2, 0.25) is 0 Å². The summed E-state index contributed by atoms with van der Waals surface area (Å²) in [5.74, 6) is -2.01. The average molecular weight is 627 g/mol. The van der Waals surface area contributed by atoms with E-state index in [0.29, 0.717) is 12.4 Å². The van der Waals surface area contributed by atoms with Crippen molar-refractivity contribution >= 4 is 12.0 Å². The van der Waals surface area contributed by atoms with E-state index in [1.165, 1.54) is 16.7 Å². The first kappa shape index (κ1) is 34.1.